The fourth-order valence-corrected chi connectivity index (χ4v) is 2.96. The van der Waals surface area contributed by atoms with Crippen LogP contribution in [0.1, 0.15) is 30.2 Å². The first kappa shape index (κ1) is 18.7. The van der Waals surface area contributed by atoms with Gasteiger partial charge < -0.3 is 14.1 Å². The molecule has 27 heavy (non-hydrogen) atoms. The lowest BCUT2D eigenvalue weighted by Crippen LogP contribution is -2.30. The van der Waals surface area contributed by atoms with Gasteiger partial charge in [0.2, 0.25) is 5.91 Å². The van der Waals surface area contributed by atoms with Crippen molar-refractivity contribution >= 4 is 22.8 Å². The van der Waals surface area contributed by atoms with Crippen LogP contribution in [0.5, 0.6) is 0 Å². The molecule has 5 nitrogen and oxygen atoms in total. The Morgan fingerprint density at radius 2 is 1.74 bits per heavy atom. The predicted molar refractivity (Wildman–Crippen MR) is 103 cm³/mol. The average Bonchev–Trinajstić information content (AvgIpc) is 3.00. The second-order valence-electron chi connectivity index (χ2n) is 6.48. The molecule has 0 unspecified atom stereocenters. The average molecular weight is 365 g/mol. The summed E-state index contributed by atoms with van der Waals surface area (Å²) >= 11 is 0. The van der Waals surface area contributed by atoms with Crippen molar-refractivity contribution in [2.45, 2.75) is 33.4 Å². The Labute approximate surface area is 158 Å². The SMILES string of the molecule is CC(=O)N(CCC(=O)OCc1oc2ccccc2c1C)Cc1ccccc1. The predicted octanol–water partition coefficient (Wildman–Crippen LogP) is 4.22. The van der Waals surface area contributed by atoms with Crippen LogP contribution >= 0.6 is 0 Å². The van der Waals surface area contributed by atoms with E-state index in [1.807, 2.05) is 61.5 Å². The Balaban J connectivity index is 1.53. The van der Waals surface area contributed by atoms with Crippen LogP contribution in [-0.4, -0.2) is 23.3 Å². The molecule has 2 aromatic carbocycles. The summed E-state index contributed by atoms with van der Waals surface area (Å²) in [5, 5.41) is 1.02. The third kappa shape index (κ3) is 4.76. The molecule has 0 fully saturated rings. The van der Waals surface area contributed by atoms with Gasteiger partial charge in [0.15, 0.2) is 0 Å². The van der Waals surface area contributed by atoms with Crippen molar-refractivity contribution in [1.29, 1.82) is 0 Å². The van der Waals surface area contributed by atoms with E-state index >= 15 is 0 Å². The number of para-hydroxylation sites is 1. The topological polar surface area (TPSA) is 59.8 Å². The van der Waals surface area contributed by atoms with Gasteiger partial charge in [0.05, 0.1) is 6.42 Å². The number of hydrogen-bond donors (Lipinski definition) is 0. The minimum Gasteiger partial charge on any atom is -0.457 e. The fourth-order valence-electron chi connectivity index (χ4n) is 2.96. The van der Waals surface area contributed by atoms with E-state index in [1.165, 1.54) is 6.92 Å². The second-order valence-corrected chi connectivity index (χ2v) is 6.48. The van der Waals surface area contributed by atoms with Crippen molar-refractivity contribution < 1.29 is 18.7 Å². The van der Waals surface area contributed by atoms with Gasteiger partial charge in [0.25, 0.3) is 0 Å². The summed E-state index contributed by atoms with van der Waals surface area (Å²) in [4.78, 5) is 25.6. The van der Waals surface area contributed by atoms with E-state index in [9.17, 15) is 9.59 Å². The Kier molecular flexibility index (Phi) is 5.91. The van der Waals surface area contributed by atoms with Crippen LogP contribution in [0, 0.1) is 6.92 Å². The number of amides is 1. The molecule has 3 rings (SSSR count). The van der Waals surface area contributed by atoms with E-state index in [-0.39, 0.29) is 24.9 Å². The number of rotatable bonds is 7. The number of ether oxygens (including phenoxy) is 1. The van der Waals surface area contributed by atoms with Crippen molar-refractivity contribution in [2.75, 3.05) is 6.54 Å². The zero-order valence-electron chi connectivity index (χ0n) is 15.6. The number of nitrogens with zero attached hydrogens (tertiary/aromatic N) is 1. The third-order valence-corrected chi connectivity index (χ3v) is 4.55. The molecule has 0 saturated heterocycles. The van der Waals surface area contributed by atoms with E-state index in [0.29, 0.717) is 18.8 Å². The molecule has 0 bridgehead atoms. The monoisotopic (exact) mass is 365 g/mol. The highest BCUT2D eigenvalue weighted by molar-refractivity contribution is 5.82. The molecule has 0 radical (unpaired) electrons. The molecule has 140 valence electrons. The van der Waals surface area contributed by atoms with Gasteiger partial charge >= 0.3 is 5.97 Å². The zero-order valence-corrected chi connectivity index (χ0v) is 15.6. The Morgan fingerprint density at radius 3 is 2.44 bits per heavy atom. The van der Waals surface area contributed by atoms with Crippen LogP contribution in [0.4, 0.5) is 0 Å². The fraction of sp³-hybridized carbons (Fsp3) is 0.273. The van der Waals surface area contributed by atoms with Gasteiger partial charge in [-0.2, -0.15) is 0 Å². The van der Waals surface area contributed by atoms with Crippen molar-refractivity contribution in [3.8, 4) is 0 Å². The number of benzene rings is 2. The molecular weight excluding hydrogens is 342 g/mol. The van der Waals surface area contributed by atoms with Gasteiger partial charge in [-0.05, 0) is 18.6 Å². The van der Waals surface area contributed by atoms with Crippen molar-refractivity contribution in [3.63, 3.8) is 0 Å². The molecule has 0 N–H and O–H groups in total. The minimum atomic E-state index is -0.353. The summed E-state index contributed by atoms with van der Waals surface area (Å²) in [7, 11) is 0. The van der Waals surface area contributed by atoms with E-state index in [2.05, 4.69) is 0 Å². The van der Waals surface area contributed by atoms with E-state index in [1.54, 1.807) is 4.90 Å². The van der Waals surface area contributed by atoms with E-state index in [4.69, 9.17) is 9.15 Å². The molecule has 3 aromatic rings. The zero-order chi connectivity index (χ0) is 19.2. The highest BCUT2D eigenvalue weighted by Crippen LogP contribution is 2.25. The molecule has 1 amide bonds. The highest BCUT2D eigenvalue weighted by atomic mass is 16.5. The first-order chi connectivity index (χ1) is 13.0. The van der Waals surface area contributed by atoms with Gasteiger partial charge in [0, 0.05) is 31.0 Å². The molecule has 0 aliphatic heterocycles. The number of hydrogen-bond acceptors (Lipinski definition) is 4. The lowest BCUT2D eigenvalue weighted by Gasteiger charge is -2.20. The molecule has 0 aliphatic carbocycles. The summed E-state index contributed by atoms with van der Waals surface area (Å²) in [6.07, 6.45) is 0.145. The molecule has 0 atom stereocenters. The third-order valence-electron chi connectivity index (χ3n) is 4.55. The molecule has 1 heterocycles. The van der Waals surface area contributed by atoms with Gasteiger partial charge in [-0.25, -0.2) is 0 Å². The number of aryl methyl sites for hydroxylation is 1. The molecule has 1 aromatic heterocycles. The maximum atomic E-state index is 12.1. The van der Waals surface area contributed by atoms with Crippen molar-refractivity contribution in [1.82, 2.24) is 4.90 Å². The van der Waals surface area contributed by atoms with Crippen molar-refractivity contribution in [2.24, 2.45) is 0 Å². The maximum absolute atomic E-state index is 12.1. The first-order valence-electron chi connectivity index (χ1n) is 8.96. The van der Waals surface area contributed by atoms with Crippen LogP contribution in [0.3, 0.4) is 0 Å². The summed E-state index contributed by atoms with van der Waals surface area (Å²) < 4.78 is 11.1. The molecule has 0 spiro atoms. The quantitative estimate of drug-likeness (QED) is 0.588. The van der Waals surface area contributed by atoms with Gasteiger partial charge in [0.1, 0.15) is 18.0 Å². The van der Waals surface area contributed by atoms with E-state index < -0.39 is 0 Å². The number of esters is 1. The Hall–Kier alpha value is -3.08. The smallest absolute Gasteiger partial charge is 0.308 e. The standard InChI is InChI=1S/C22H23NO4/c1-16-19-10-6-7-11-20(19)27-21(16)15-26-22(25)12-13-23(17(2)24)14-18-8-4-3-5-9-18/h3-11H,12-15H2,1-2H3. The van der Waals surface area contributed by atoms with Crippen LogP contribution in [-0.2, 0) is 27.5 Å². The molecule has 0 aliphatic rings. The molecular formula is C22H23NO4. The first-order valence-corrected chi connectivity index (χ1v) is 8.96. The maximum Gasteiger partial charge on any atom is 0.308 e. The Bertz CT molecular complexity index is 930. The molecule has 0 saturated carbocycles. The van der Waals surface area contributed by atoms with Crippen LogP contribution in [0.15, 0.2) is 59.0 Å². The van der Waals surface area contributed by atoms with Gasteiger partial charge in [-0.15, -0.1) is 0 Å². The number of carbonyl (C=O) groups is 2. The number of carbonyl (C=O) groups excluding carboxylic acids is 2. The largest absolute Gasteiger partial charge is 0.457 e. The van der Waals surface area contributed by atoms with E-state index in [0.717, 1.165) is 22.1 Å². The summed E-state index contributed by atoms with van der Waals surface area (Å²) in [5.41, 5.74) is 2.79. The van der Waals surface area contributed by atoms with Gasteiger partial charge in [-0.1, -0.05) is 48.5 Å². The summed E-state index contributed by atoms with van der Waals surface area (Å²) in [5.74, 6) is 0.228. The lowest BCUT2D eigenvalue weighted by atomic mass is 10.1. The van der Waals surface area contributed by atoms with Crippen LogP contribution < -0.4 is 0 Å². The van der Waals surface area contributed by atoms with Crippen molar-refractivity contribution in [3.05, 3.63) is 71.5 Å². The summed E-state index contributed by atoms with van der Waals surface area (Å²) in [6, 6.07) is 17.4. The Morgan fingerprint density at radius 1 is 1.04 bits per heavy atom. The lowest BCUT2D eigenvalue weighted by molar-refractivity contribution is -0.146. The van der Waals surface area contributed by atoms with Crippen LogP contribution in [0.25, 0.3) is 11.0 Å². The molecule has 5 heteroatoms. The normalized spacial score (nSPS) is 10.7. The van der Waals surface area contributed by atoms with Gasteiger partial charge in [-0.3, -0.25) is 9.59 Å². The summed E-state index contributed by atoms with van der Waals surface area (Å²) in [6.45, 7) is 4.35. The number of furan rings is 1. The highest BCUT2D eigenvalue weighted by Gasteiger charge is 2.15. The van der Waals surface area contributed by atoms with Crippen LogP contribution in [0.2, 0.25) is 0 Å². The minimum absolute atomic E-state index is 0.0696. The second kappa shape index (κ2) is 8.54. The number of fused-ring (bicyclic) bond motifs is 1.